The number of pyridine rings is 1. The van der Waals surface area contributed by atoms with Crippen molar-refractivity contribution in [2.45, 2.75) is 38.1 Å². The molecule has 2 aromatic heterocycles. The van der Waals surface area contributed by atoms with Crippen LogP contribution < -0.4 is 16.3 Å². The minimum absolute atomic E-state index is 0.0664. The van der Waals surface area contributed by atoms with Gasteiger partial charge in [0.1, 0.15) is 10.7 Å². The molecule has 182 valence electrons. The maximum atomic E-state index is 13.0. The van der Waals surface area contributed by atoms with Crippen molar-refractivity contribution in [3.63, 3.8) is 0 Å². The molecule has 1 saturated heterocycles. The van der Waals surface area contributed by atoms with Gasteiger partial charge in [-0.1, -0.05) is 23.7 Å². The summed E-state index contributed by atoms with van der Waals surface area (Å²) in [5.41, 5.74) is 6.98. The summed E-state index contributed by atoms with van der Waals surface area (Å²) in [7, 11) is 1.63. The Kier molecular flexibility index (Phi) is 6.58. The van der Waals surface area contributed by atoms with E-state index in [1.807, 2.05) is 18.7 Å². The van der Waals surface area contributed by atoms with E-state index in [-0.39, 0.29) is 18.1 Å². The molecule has 11 heteroatoms. The van der Waals surface area contributed by atoms with Crippen LogP contribution in [0.15, 0.2) is 41.2 Å². The molecule has 0 bridgehead atoms. The number of nitrogens with zero attached hydrogens (tertiary/aromatic N) is 5. The summed E-state index contributed by atoms with van der Waals surface area (Å²) in [6.45, 7) is 5.34. The predicted octanol–water partition coefficient (Wildman–Crippen LogP) is 3.60. The fraction of sp³-hybridized carbons (Fsp3) is 0.435. The molecule has 34 heavy (non-hydrogen) atoms. The third-order valence-electron chi connectivity index (χ3n) is 6.55. The maximum absolute atomic E-state index is 13.0. The molecule has 4 rings (SSSR count). The quantitative estimate of drug-likeness (QED) is 0.558. The number of rotatable bonds is 4. The Morgan fingerprint density at radius 1 is 1.15 bits per heavy atom. The number of piperazine rings is 1. The van der Waals surface area contributed by atoms with Crippen LogP contribution in [-0.2, 0) is 13.2 Å². The second kappa shape index (κ2) is 9.16. The molecule has 0 amide bonds. The van der Waals surface area contributed by atoms with Crippen LogP contribution in [0.3, 0.4) is 0 Å². The highest BCUT2D eigenvalue weighted by molar-refractivity contribution is 6.29. The summed E-state index contributed by atoms with van der Waals surface area (Å²) < 4.78 is 40.3. The zero-order valence-electron chi connectivity index (χ0n) is 19.1. The summed E-state index contributed by atoms with van der Waals surface area (Å²) in [5.74, 6) is 0.452. The lowest BCUT2D eigenvalue weighted by Gasteiger charge is -2.48. The summed E-state index contributed by atoms with van der Waals surface area (Å²) in [6.07, 6.45) is -4.37. The smallest absolute Gasteiger partial charge is 0.349 e. The number of nitrogens with two attached hydrogens (primary N) is 1. The molecule has 7 nitrogen and oxygen atoms in total. The van der Waals surface area contributed by atoms with Crippen LogP contribution in [0.1, 0.15) is 31.0 Å². The molecule has 1 aliphatic rings. The Morgan fingerprint density at radius 2 is 1.82 bits per heavy atom. The number of benzene rings is 1. The molecular weight excluding hydrogens is 469 g/mol. The first-order valence-electron chi connectivity index (χ1n) is 10.9. The normalized spacial score (nSPS) is 20.6. The Balaban J connectivity index is 1.65. The van der Waals surface area contributed by atoms with Crippen molar-refractivity contribution in [1.29, 1.82) is 0 Å². The fourth-order valence-corrected chi connectivity index (χ4v) is 4.72. The topological polar surface area (TPSA) is 80.3 Å². The van der Waals surface area contributed by atoms with Crippen LogP contribution in [-0.4, -0.2) is 51.2 Å². The second-order valence-corrected chi connectivity index (χ2v) is 9.05. The van der Waals surface area contributed by atoms with E-state index in [0.717, 1.165) is 17.7 Å². The van der Waals surface area contributed by atoms with Gasteiger partial charge in [0.05, 0.1) is 11.1 Å². The molecule has 0 radical (unpaired) electrons. The molecule has 1 fully saturated rings. The SMILES string of the molecule is CC(c1ccc(C(F)(F)F)cc1)N1C[C@H](C)N(c2nc(=O)n(C)c3ccc(Cl)nc23)CC1CN. The third kappa shape index (κ3) is 4.49. The number of aromatic nitrogens is 3. The van der Waals surface area contributed by atoms with E-state index in [2.05, 4.69) is 14.9 Å². The van der Waals surface area contributed by atoms with Gasteiger partial charge < -0.3 is 10.6 Å². The van der Waals surface area contributed by atoms with Crippen LogP contribution in [0.2, 0.25) is 5.15 Å². The van der Waals surface area contributed by atoms with Crippen LogP contribution in [0.5, 0.6) is 0 Å². The minimum atomic E-state index is -4.37. The molecule has 0 aliphatic carbocycles. The molecule has 2 unspecified atom stereocenters. The summed E-state index contributed by atoms with van der Waals surface area (Å²) in [6, 6.07) is 8.27. The van der Waals surface area contributed by atoms with Crippen LogP contribution in [0.25, 0.3) is 11.0 Å². The molecule has 3 atom stereocenters. The molecule has 0 saturated carbocycles. The Labute approximate surface area is 200 Å². The van der Waals surface area contributed by atoms with Gasteiger partial charge in [0.15, 0.2) is 5.82 Å². The van der Waals surface area contributed by atoms with Gasteiger partial charge in [-0.25, -0.2) is 9.78 Å². The molecule has 1 aromatic carbocycles. The summed E-state index contributed by atoms with van der Waals surface area (Å²) in [4.78, 5) is 25.5. The van der Waals surface area contributed by atoms with E-state index >= 15 is 0 Å². The lowest BCUT2D eigenvalue weighted by atomic mass is 9.99. The molecule has 3 heterocycles. The third-order valence-corrected chi connectivity index (χ3v) is 6.76. The standard InChI is InChI=1S/C23H26ClF3N6O/c1-13-11-33(14(2)15-4-6-16(7-5-15)23(25,26)27)17(10-28)12-32(13)21-20-18(8-9-19(24)29-20)31(3)22(34)30-21/h4-9,13-14,17H,10-12,28H2,1-3H3/t13-,14?,17?/m0/s1. The molecule has 2 N–H and O–H groups in total. The Bertz CT molecular complexity index is 1250. The zero-order chi connectivity index (χ0) is 24.8. The average Bonchev–Trinajstić information content (AvgIpc) is 2.80. The van der Waals surface area contributed by atoms with Crippen molar-refractivity contribution < 1.29 is 13.2 Å². The van der Waals surface area contributed by atoms with Gasteiger partial charge in [0.2, 0.25) is 0 Å². The van der Waals surface area contributed by atoms with Crippen molar-refractivity contribution in [1.82, 2.24) is 19.4 Å². The maximum Gasteiger partial charge on any atom is 0.416 e. The van der Waals surface area contributed by atoms with E-state index in [0.29, 0.717) is 41.6 Å². The monoisotopic (exact) mass is 494 g/mol. The van der Waals surface area contributed by atoms with Gasteiger partial charge in [-0.2, -0.15) is 18.2 Å². The van der Waals surface area contributed by atoms with E-state index in [9.17, 15) is 18.0 Å². The van der Waals surface area contributed by atoms with E-state index < -0.39 is 17.4 Å². The minimum Gasteiger partial charge on any atom is -0.349 e. The highest BCUT2D eigenvalue weighted by Crippen LogP contribution is 2.34. The van der Waals surface area contributed by atoms with Crippen LogP contribution in [0.4, 0.5) is 19.0 Å². The average molecular weight is 495 g/mol. The molecular formula is C23H26ClF3N6O. The van der Waals surface area contributed by atoms with Crippen molar-refractivity contribution in [3.8, 4) is 0 Å². The first-order valence-corrected chi connectivity index (χ1v) is 11.3. The van der Waals surface area contributed by atoms with Gasteiger partial charge >= 0.3 is 11.9 Å². The zero-order valence-corrected chi connectivity index (χ0v) is 19.8. The van der Waals surface area contributed by atoms with Gasteiger partial charge in [-0.05, 0) is 43.7 Å². The van der Waals surface area contributed by atoms with Gasteiger partial charge in [-0.3, -0.25) is 9.47 Å². The Morgan fingerprint density at radius 3 is 2.44 bits per heavy atom. The number of hydrogen-bond acceptors (Lipinski definition) is 6. The second-order valence-electron chi connectivity index (χ2n) is 8.66. The number of hydrogen-bond donors (Lipinski definition) is 1. The molecule has 1 aliphatic heterocycles. The van der Waals surface area contributed by atoms with E-state index in [1.165, 1.54) is 16.7 Å². The van der Waals surface area contributed by atoms with Crippen LogP contribution >= 0.6 is 11.6 Å². The lowest BCUT2D eigenvalue weighted by molar-refractivity contribution is -0.137. The fourth-order valence-electron chi connectivity index (χ4n) is 4.57. The first kappa shape index (κ1) is 24.4. The van der Waals surface area contributed by atoms with Gasteiger partial charge in [-0.15, -0.1) is 0 Å². The largest absolute Gasteiger partial charge is 0.416 e. The number of anilines is 1. The molecule has 0 spiro atoms. The Hall–Kier alpha value is -2.69. The lowest BCUT2D eigenvalue weighted by Crippen LogP contribution is -2.60. The number of aryl methyl sites for hydroxylation is 1. The summed E-state index contributed by atoms with van der Waals surface area (Å²) >= 11 is 6.14. The van der Waals surface area contributed by atoms with Gasteiger partial charge in [0.25, 0.3) is 0 Å². The van der Waals surface area contributed by atoms with Crippen molar-refractivity contribution >= 4 is 28.5 Å². The van der Waals surface area contributed by atoms with Crippen molar-refractivity contribution in [3.05, 3.63) is 63.2 Å². The van der Waals surface area contributed by atoms with Crippen LogP contribution in [0, 0.1) is 0 Å². The van der Waals surface area contributed by atoms with E-state index in [1.54, 1.807) is 19.2 Å². The van der Waals surface area contributed by atoms with E-state index in [4.69, 9.17) is 17.3 Å². The summed E-state index contributed by atoms with van der Waals surface area (Å²) in [5, 5.41) is 0.298. The predicted molar refractivity (Wildman–Crippen MR) is 126 cm³/mol. The number of alkyl halides is 3. The number of halogens is 4. The van der Waals surface area contributed by atoms with Gasteiger partial charge in [0, 0.05) is 44.8 Å². The highest BCUT2D eigenvalue weighted by Gasteiger charge is 2.36. The molecule has 3 aromatic rings. The van der Waals surface area contributed by atoms with Crippen molar-refractivity contribution in [2.75, 3.05) is 24.5 Å². The van der Waals surface area contributed by atoms with Crippen molar-refractivity contribution in [2.24, 2.45) is 12.8 Å². The first-order chi connectivity index (χ1) is 16.0. The highest BCUT2D eigenvalue weighted by atomic mass is 35.5. The number of fused-ring (bicyclic) bond motifs is 1.